The van der Waals surface area contributed by atoms with Crippen molar-refractivity contribution in [3.63, 3.8) is 0 Å². The summed E-state index contributed by atoms with van der Waals surface area (Å²) >= 11 is 0. The highest BCUT2D eigenvalue weighted by molar-refractivity contribution is 5.96. The van der Waals surface area contributed by atoms with E-state index in [0.717, 1.165) is 0 Å². The normalized spacial score (nSPS) is 10.1. The molecule has 2 aromatic rings. The summed E-state index contributed by atoms with van der Waals surface area (Å²) in [4.78, 5) is 10.7. The molecule has 1 aromatic heterocycles. The molecule has 5 nitrogen and oxygen atoms in total. The summed E-state index contributed by atoms with van der Waals surface area (Å²) in [7, 11) is 0. The first-order chi connectivity index (χ1) is 7.13. The summed E-state index contributed by atoms with van der Waals surface area (Å²) < 4.78 is 5.09. The number of nitrogens with zero attached hydrogens (tertiary/aromatic N) is 1. The Kier molecular flexibility index (Phi) is 1.83. The molecular weight excluding hydrogens is 196 g/mol. The highest BCUT2D eigenvalue weighted by Gasteiger charge is 2.13. The molecule has 5 heteroatoms. The van der Waals surface area contributed by atoms with Gasteiger partial charge >= 0.3 is 5.97 Å². The van der Waals surface area contributed by atoms with Crippen LogP contribution >= 0.6 is 0 Å². The number of benzene rings is 1. The quantitative estimate of drug-likeness (QED) is 0.731. The number of rotatable bonds is 1. The van der Waals surface area contributed by atoms with Crippen molar-refractivity contribution >= 4 is 22.8 Å². The molecule has 1 heterocycles. The molecule has 0 atom stereocenters. The van der Waals surface area contributed by atoms with E-state index in [9.17, 15) is 4.79 Å². The van der Waals surface area contributed by atoms with Crippen molar-refractivity contribution in [1.82, 2.24) is 0 Å². The Morgan fingerprint density at radius 1 is 1.53 bits per heavy atom. The standard InChI is InChI=1S/C10H6N2O3/c11-4-7-6-3-5(10(13)14)1-2-8(6)15-9(7)12/h1-3H,12H2,(H,13,14). The third kappa shape index (κ3) is 1.28. The first kappa shape index (κ1) is 9.09. The molecule has 0 aliphatic carbocycles. The molecule has 0 aliphatic heterocycles. The summed E-state index contributed by atoms with van der Waals surface area (Å²) in [6.07, 6.45) is 0. The first-order valence-corrected chi connectivity index (χ1v) is 4.09. The number of carboxylic acids is 1. The number of anilines is 1. The zero-order chi connectivity index (χ0) is 11.0. The minimum absolute atomic E-state index is 0.00930. The van der Waals surface area contributed by atoms with Crippen LogP contribution in [0.5, 0.6) is 0 Å². The van der Waals surface area contributed by atoms with E-state index in [4.69, 9.17) is 20.5 Å². The lowest BCUT2D eigenvalue weighted by Gasteiger charge is -1.92. The van der Waals surface area contributed by atoms with E-state index in [1.54, 1.807) is 0 Å². The van der Waals surface area contributed by atoms with Gasteiger partial charge in [0.15, 0.2) is 0 Å². The van der Waals surface area contributed by atoms with Gasteiger partial charge in [0.25, 0.3) is 0 Å². The van der Waals surface area contributed by atoms with Crippen LogP contribution in [-0.4, -0.2) is 11.1 Å². The third-order valence-corrected chi connectivity index (χ3v) is 2.07. The highest BCUT2D eigenvalue weighted by Crippen LogP contribution is 2.27. The van der Waals surface area contributed by atoms with Gasteiger partial charge in [-0.3, -0.25) is 0 Å². The number of nitrogens with two attached hydrogens (primary N) is 1. The van der Waals surface area contributed by atoms with Gasteiger partial charge in [0.1, 0.15) is 17.2 Å². The molecule has 0 unspecified atom stereocenters. The highest BCUT2D eigenvalue weighted by atomic mass is 16.4. The molecule has 0 saturated heterocycles. The number of hydrogen-bond acceptors (Lipinski definition) is 4. The number of aromatic carboxylic acids is 1. The van der Waals surface area contributed by atoms with Crippen molar-refractivity contribution in [1.29, 1.82) is 5.26 Å². The predicted octanol–water partition coefficient (Wildman–Crippen LogP) is 1.58. The Hall–Kier alpha value is -2.48. The van der Waals surface area contributed by atoms with Gasteiger partial charge in [0.05, 0.1) is 5.56 Å². The van der Waals surface area contributed by atoms with Crippen molar-refractivity contribution < 1.29 is 14.3 Å². The number of furan rings is 1. The van der Waals surface area contributed by atoms with Crippen LogP contribution in [0.3, 0.4) is 0 Å². The molecule has 0 spiro atoms. The van der Waals surface area contributed by atoms with Crippen molar-refractivity contribution in [2.75, 3.05) is 5.73 Å². The summed E-state index contributed by atoms with van der Waals surface area (Å²) in [6, 6.07) is 6.12. The fourth-order valence-electron chi connectivity index (χ4n) is 1.36. The van der Waals surface area contributed by atoms with Crippen LogP contribution in [0, 0.1) is 11.3 Å². The minimum atomic E-state index is -1.06. The van der Waals surface area contributed by atoms with E-state index < -0.39 is 5.97 Å². The number of fused-ring (bicyclic) bond motifs is 1. The Morgan fingerprint density at radius 2 is 2.27 bits per heavy atom. The summed E-state index contributed by atoms with van der Waals surface area (Å²) in [5.74, 6) is -1.05. The smallest absolute Gasteiger partial charge is 0.335 e. The Balaban J connectivity index is 2.80. The van der Waals surface area contributed by atoms with Crippen LogP contribution in [0.2, 0.25) is 0 Å². The Bertz CT molecular complexity index is 592. The van der Waals surface area contributed by atoms with Gasteiger partial charge in [-0.1, -0.05) is 0 Å². The second-order valence-electron chi connectivity index (χ2n) is 2.97. The van der Waals surface area contributed by atoms with Gasteiger partial charge in [-0.25, -0.2) is 4.79 Å². The second-order valence-corrected chi connectivity index (χ2v) is 2.97. The number of nitriles is 1. The molecule has 2 rings (SSSR count). The zero-order valence-corrected chi connectivity index (χ0v) is 7.52. The molecule has 0 saturated carbocycles. The van der Waals surface area contributed by atoms with E-state index in [0.29, 0.717) is 11.0 Å². The molecule has 0 aliphatic rings. The van der Waals surface area contributed by atoms with E-state index in [2.05, 4.69) is 0 Å². The fourth-order valence-corrected chi connectivity index (χ4v) is 1.36. The minimum Gasteiger partial charge on any atom is -0.478 e. The van der Waals surface area contributed by atoms with Crippen LogP contribution in [0.1, 0.15) is 15.9 Å². The lowest BCUT2D eigenvalue weighted by molar-refractivity contribution is 0.0697. The largest absolute Gasteiger partial charge is 0.478 e. The number of hydrogen-bond donors (Lipinski definition) is 2. The van der Waals surface area contributed by atoms with E-state index in [1.165, 1.54) is 18.2 Å². The molecule has 0 bridgehead atoms. The van der Waals surface area contributed by atoms with Crippen LogP contribution in [-0.2, 0) is 0 Å². The van der Waals surface area contributed by atoms with Gasteiger partial charge in [-0.15, -0.1) is 0 Å². The molecule has 0 fully saturated rings. The summed E-state index contributed by atoms with van der Waals surface area (Å²) in [6.45, 7) is 0. The van der Waals surface area contributed by atoms with Crippen LogP contribution < -0.4 is 5.73 Å². The fraction of sp³-hybridized carbons (Fsp3) is 0. The van der Waals surface area contributed by atoms with Crippen molar-refractivity contribution in [3.8, 4) is 6.07 Å². The summed E-state index contributed by atoms with van der Waals surface area (Å²) in [5, 5.41) is 18.0. The molecule has 3 N–H and O–H groups in total. The van der Waals surface area contributed by atoms with E-state index >= 15 is 0 Å². The number of carboxylic acid groups (broad SMARTS) is 1. The van der Waals surface area contributed by atoms with Crippen LogP contribution in [0.15, 0.2) is 22.6 Å². The second kappa shape index (κ2) is 3.03. The van der Waals surface area contributed by atoms with Gasteiger partial charge in [0, 0.05) is 5.39 Å². The predicted molar refractivity (Wildman–Crippen MR) is 52.3 cm³/mol. The maximum absolute atomic E-state index is 10.7. The van der Waals surface area contributed by atoms with Crippen LogP contribution in [0.4, 0.5) is 5.88 Å². The maximum Gasteiger partial charge on any atom is 0.335 e. The average Bonchev–Trinajstić information content (AvgIpc) is 2.51. The van der Waals surface area contributed by atoms with Gasteiger partial charge in [-0.05, 0) is 18.2 Å². The third-order valence-electron chi connectivity index (χ3n) is 2.07. The lowest BCUT2D eigenvalue weighted by atomic mass is 10.1. The monoisotopic (exact) mass is 202 g/mol. The van der Waals surface area contributed by atoms with Crippen LogP contribution in [0.25, 0.3) is 11.0 Å². The molecule has 1 aromatic carbocycles. The van der Waals surface area contributed by atoms with E-state index in [1.807, 2.05) is 6.07 Å². The first-order valence-electron chi connectivity index (χ1n) is 4.09. The number of nitrogen functional groups attached to an aromatic ring is 1. The summed E-state index contributed by atoms with van der Waals surface area (Å²) in [5.41, 5.74) is 6.14. The zero-order valence-electron chi connectivity index (χ0n) is 7.52. The topological polar surface area (TPSA) is 100 Å². The lowest BCUT2D eigenvalue weighted by Crippen LogP contribution is -1.94. The molecular formula is C10H6N2O3. The van der Waals surface area contributed by atoms with Crippen molar-refractivity contribution in [3.05, 3.63) is 29.3 Å². The maximum atomic E-state index is 10.7. The Labute approximate surface area is 84.3 Å². The Morgan fingerprint density at radius 3 is 2.87 bits per heavy atom. The molecule has 15 heavy (non-hydrogen) atoms. The van der Waals surface area contributed by atoms with Gasteiger partial charge in [-0.2, -0.15) is 5.26 Å². The SMILES string of the molecule is N#Cc1c(N)oc2ccc(C(=O)O)cc12. The van der Waals surface area contributed by atoms with Crippen molar-refractivity contribution in [2.24, 2.45) is 0 Å². The van der Waals surface area contributed by atoms with Gasteiger partial charge < -0.3 is 15.3 Å². The molecule has 0 amide bonds. The van der Waals surface area contributed by atoms with Gasteiger partial charge in [0.2, 0.25) is 5.88 Å². The molecule has 74 valence electrons. The van der Waals surface area contributed by atoms with E-state index in [-0.39, 0.29) is 17.0 Å². The average molecular weight is 202 g/mol. The van der Waals surface area contributed by atoms with Crippen molar-refractivity contribution in [2.45, 2.75) is 0 Å². The number of carbonyl (C=O) groups is 1. The molecule has 0 radical (unpaired) electrons.